The molecule has 32 heavy (non-hydrogen) atoms. The Balaban J connectivity index is 2.07. The lowest BCUT2D eigenvalue weighted by molar-refractivity contribution is -0.141. The number of nitrogens with zero attached hydrogens (tertiary/aromatic N) is 4. The molecule has 0 aliphatic rings. The van der Waals surface area contributed by atoms with E-state index >= 15 is 0 Å². The van der Waals surface area contributed by atoms with Crippen molar-refractivity contribution in [2.45, 2.75) is 12.8 Å². The van der Waals surface area contributed by atoms with Crippen LogP contribution < -0.4 is 10.9 Å². The maximum atomic E-state index is 13.4. The van der Waals surface area contributed by atoms with E-state index in [1.54, 1.807) is 18.2 Å². The predicted octanol–water partition coefficient (Wildman–Crippen LogP) is 3.91. The molecule has 3 heterocycles. The number of anilines is 2. The van der Waals surface area contributed by atoms with Gasteiger partial charge in [-0.3, -0.25) is 14.3 Å². The summed E-state index contributed by atoms with van der Waals surface area (Å²) in [5.74, 6) is 0. The molecule has 0 saturated carbocycles. The fourth-order valence-corrected chi connectivity index (χ4v) is 3.26. The summed E-state index contributed by atoms with van der Waals surface area (Å²) >= 11 is 0. The van der Waals surface area contributed by atoms with Crippen LogP contribution in [0.1, 0.15) is 17.0 Å². The number of alkyl halides is 3. The van der Waals surface area contributed by atoms with Gasteiger partial charge in [-0.2, -0.15) is 18.4 Å². The molecule has 3 aromatic heterocycles. The number of aliphatic hydroxyl groups excluding tert-OH is 1. The van der Waals surface area contributed by atoms with Crippen LogP contribution in [0.2, 0.25) is 0 Å². The van der Waals surface area contributed by atoms with Gasteiger partial charge < -0.3 is 10.4 Å². The van der Waals surface area contributed by atoms with Crippen molar-refractivity contribution in [1.29, 1.82) is 5.26 Å². The first-order chi connectivity index (χ1) is 15.3. The standard InChI is InChI=1S/C22H14F3N5O2/c23-22(24,25)18-7-6-16-19(28-13-8-9-27-14(10-13)12-31)17(11-26)21(32)30(20(16)29-18)15-4-2-1-3-5-15/h1-10,31H,12H2,(H,27,28). The quantitative estimate of drug-likeness (QED) is 0.502. The minimum absolute atomic E-state index is 0.0102. The van der Waals surface area contributed by atoms with Gasteiger partial charge in [0.05, 0.1) is 23.7 Å². The van der Waals surface area contributed by atoms with Crippen LogP contribution in [0.4, 0.5) is 24.5 Å². The highest BCUT2D eigenvalue weighted by Gasteiger charge is 2.33. The second-order valence-corrected chi connectivity index (χ2v) is 6.72. The molecule has 0 aliphatic carbocycles. The molecular weight excluding hydrogens is 423 g/mol. The number of aliphatic hydroxyl groups is 1. The largest absolute Gasteiger partial charge is 0.433 e. The minimum Gasteiger partial charge on any atom is -0.390 e. The molecule has 2 N–H and O–H groups in total. The third-order valence-corrected chi connectivity index (χ3v) is 4.69. The van der Waals surface area contributed by atoms with Crippen LogP contribution >= 0.6 is 0 Å². The monoisotopic (exact) mass is 437 g/mol. The molecule has 160 valence electrons. The van der Waals surface area contributed by atoms with E-state index in [-0.39, 0.29) is 34.6 Å². The van der Waals surface area contributed by atoms with Crippen LogP contribution in [0.3, 0.4) is 0 Å². The Kier molecular flexibility index (Phi) is 5.34. The van der Waals surface area contributed by atoms with Gasteiger partial charge in [-0.05, 0) is 36.4 Å². The van der Waals surface area contributed by atoms with Gasteiger partial charge in [0.15, 0.2) is 0 Å². The lowest BCUT2D eigenvalue weighted by atomic mass is 10.1. The highest BCUT2D eigenvalue weighted by atomic mass is 19.4. The Labute approximate surface area is 179 Å². The van der Waals surface area contributed by atoms with Crippen molar-refractivity contribution < 1.29 is 18.3 Å². The minimum atomic E-state index is -4.73. The molecule has 4 aromatic rings. The van der Waals surface area contributed by atoms with Gasteiger partial charge in [-0.25, -0.2) is 4.98 Å². The molecule has 0 amide bonds. The van der Waals surface area contributed by atoms with E-state index in [2.05, 4.69) is 15.3 Å². The molecule has 0 saturated heterocycles. The number of rotatable bonds is 4. The molecule has 4 rings (SSSR count). The van der Waals surface area contributed by atoms with E-state index < -0.39 is 17.4 Å². The van der Waals surface area contributed by atoms with Crippen molar-refractivity contribution >= 4 is 22.4 Å². The Morgan fingerprint density at radius 1 is 1.12 bits per heavy atom. The molecule has 0 fully saturated rings. The Morgan fingerprint density at radius 3 is 2.53 bits per heavy atom. The zero-order chi connectivity index (χ0) is 22.9. The van der Waals surface area contributed by atoms with Crippen molar-refractivity contribution in [2.24, 2.45) is 0 Å². The summed E-state index contributed by atoms with van der Waals surface area (Å²) in [6.45, 7) is -0.340. The zero-order valence-electron chi connectivity index (χ0n) is 16.3. The first kappa shape index (κ1) is 21.0. The van der Waals surface area contributed by atoms with E-state index in [0.717, 1.165) is 10.6 Å². The molecule has 10 heteroatoms. The number of para-hydroxylation sites is 1. The van der Waals surface area contributed by atoms with E-state index in [0.29, 0.717) is 11.4 Å². The van der Waals surface area contributed by atoms with Gasteiger partial charge in [0.25, 0.3) is 5.56 Å². The molecule has 0 spiro atoms. The Bertz CT molecular complexity index is 1410. The molecule has 0 unspecified atom stereocenters. The number of nitriles is 1. The number of nitrogens with one attached hydrogen (secondary N) is 1. The van der Waals surface area contributed by atoms with Crippen LogP contribution in [0.25, 0.3) is 16.7 Å². The van der Waals surface area contributed by atoms with Crippen LogP contribution in [-0.2, 0) is 12.8 Å². The fraction of sp³-hybridized carbons (Fsp3) is 0.0909. The number of benzene rings is 1. The van der Waals surface area contributed by atoms with Crippen molar-refractivity contribution in [2.75, 3.05) is 5.32 Å². The number of hydrogen-bond acceptors (Lipinski definition) is 6. The summed E-state index contributed by atoms with van der Waals surface area (Å²) < 4.78 is 41.1. The molecular formula is C22H14F3N5O2. The SMILES string of the molecule is N#Cc1c(Nc2ccnc(CO)c2)c2ccc(C(F)(F)F)nc2n(-c2ccccc2)c1=O. The smallest absolute Gasteiger partial charge is 0.390 e. The second kappa shape index (κ2) is 8.13. The van der Waals surface area contributed by atoms with Gasteiger partial charge in [-0.15, -0.1) is 0 Å². The van der Waals surface area contributed by atoms with Gasteiger partial charge >= 0.3 is 6.18 Å². The third-order valence-electron chi connectivity index (χ3n) is 4.69. The molecule has 0 radical (unpaired) electrons. The van der Waals surface area contributed by atoms with E-state index in [4.69, 9.17) is 0 Å². The summed E-state index contributed by atoms with van der Waals surface area (Å²) in [7, 11) is 0. The van der Waals surface area contributed by atoms with Crippen LogP contribution in [0, 0.1) is 11.3 Å². The highest BCUT2D eigenvalue weighted by molar-refractivity contribution is 5.95. The third kappa shape index (κ3) is 3.77. The summed E-state index contributed by atoms with van der Waals surface area (Å²) in [6, 6.07) is 14.8. The van der Waals surface area contributed by atoms with E-state index in [9.17, 15) is 28.3 Å². The van der Waals surface area contributed by atoms with Crippen molar-refractivity contribution in [1.82, 2.24) is 14.5 Å². The molecule has 0 aliphatic heterocycles. The topological polar surface area (TPSA) is 104 Å². The summed E-state index contributed by atoms with van der Waals surface area (Å²) in [6.07, 6.45) is -3.32. The zero-order valence-corrected chi connectivity index (χ0v) is 16.3. The Hall–Kier alpha value is -4.23. The summed E-state index contributed by atoms with van der Waals surface area (Å²) in [5.41, 5.74) is -1.56. The maximum absolute atomic E-state index is 13.4. The lowest BCUT2D eigenvalue weighted by Crippen LogP contribution is -2.24. The lowest BCUT2D eigenvalue weighted by Gasteiger charge is -2.17. The maximum Gasteiger partial charge on any atom is 0.433 e. The number of halogens is 3. The predicted molar refractivity (Wildman–Crippen MR) is 110 cm³/mol. The van der Waals surface area contributed by atoms with E-state index in [1.165, 1.54) is 36.5 Å². The van der Waals surface area contributed by atoms with Crippen LogP contribution in [0.15, 0.2) is 65.6 Å². The first-order valence-electron chi connectivity index (χ1n) is 9.29. The molecule has 0 bridgehead atoms. The normalized spacial score (nSPS) is 11.3. The van der Waals surface area contributed by atoms with Crippen molar-refractivity contribution in [3.8, 4) is 11.8 Å². The number of hydrogen-bond donors (Lipinski definition) is 2. The molecule has 7 nitrogen and oxygen atoms in total. The van der Waals surface area contributed by atoms with Crippen LogP contribution in [0.5, 0.6) is 0 Å². The average Bonchev–Trinajstić information content (AvgIpc) is 2.79. The number of pyridine rings is 3. The van der Waals surface area contributed by atoms with Gasteiger partial charge in [-0.1, -0.05) is 18.2 Å². The van der Waals surface area contributed by atoms with Crippen LogP contribution in [-0.4, -0.2) is 19.6 Å². The number of fused-ring (bicyclic) bond motifs is 1. The molecule has 0 atom stereocenters. The second-order valence-electron chi connectivity index (χ2n) is 6.72. The first-order valence-corrected chi connectivity index (χ1v) is 9.29. The van der Waals surface area contributed by atoms with E-state index in [1.807, 2.05) is 6.07 Å². The molecule has 1 aromatic carbocycles. The Morgan fingerprint density at radius 2 is 1.88 bits per heavy atom. The summed E-state index contributed by atoms with van der Waals surface area (Å²) in [4.78, 5) is 20.9. The van der Waals surface area contributed by atoms with Gasteiger partial charge in [0, 0.05) is 17.3 Å². The average molecular weight is 437 g/mol. The highest BCUT2D eigenvalue weighted by Crippen LogP contribution is 2.33. The van der Waals surface area contributed by atoms with Crippen molar-refractivity contribution in [3.05, 3.63) is 88.1 Å². The van der Waals surface area contributed by atoms with Crippen molar-refractivity contribution in [3.63, 3.8) is 0 Å². The number of aromatic nitrogens is 3. The summed E-state index contributed by atoms with van der Waals surface area (Å²) in [5, 5.41) is 22.1. The fourth-order valence-electron chi connectivity index (χ4n) is 3.26. The van der Waals surface area contributed by atoms with Gasteiger partial charge in [0.2, 0.25) is 0 Å². The van der Waals surface area contributed by atoms with Gasteiger partial charge in [0.1, 0.15) is 23.0 Å².